The number of piperidine rings is 1. The molecule has 2 aliphatic rings. The minimum Gasteiger partial charge on any atom is -0.325 e. The molecule has 3 amide bonds. The van der Waals surface area contributed by atoms with Crippen LogP contribution in [0.5, 0.6) is 0 Å². The van der Waals surface area contributed by atoms with Crippen LogP contribution in [0.15, 0.2) is 18.2 Å². The highest BCUT2D eigenvalue weighted by Gasteiger charge is 2.34. The van der Waals surface area contributed by atoms with Gasteiger partial charge in [0.05, 0.1) is 0 Å². The minimum absolute atomic E-state index is 0.00468. The summed E-state index contributed by atoms with van der Waals surface area (Å²) in [5, 5.41) is 0. The van der Waals surface area contributed by atoms with Gasteiger partial charge >= 0.3 is 6.03 Å². The van der Waals surface area contributed by atoms with E-state index >= 15 is 0 Å². The molecule has 3 rings (SSSR count). The van der Waals surface area contributed by atoms with E-state index < -0.39 is 0 Å². The van der Waals surface area contributed by atoms with Gasteiger partial charge in [-0.1, -0.05) is 12.1 Å². The van der Waals surface area contributed by atoms with Gasteiger partial charge in [0.15, 0.2) is 0 Å². The summed E-state index contributed by atoms with van der Waals surface area (Å²) in [6.45, 7) is 11.4. The maximum absolute atomic E-state index is 13.3. The molecule has 0 aromatic heterocycles. The summed E-state index contributed by atoms with van der Waals surface area (Å²) in [6.07, 6.45) is 3.73. The first-order valence-electron chi connectivity index (χ1n) is 10.3. The summed E-state index contributed by atoms with van der Waals surface area (Å²) in [4.78, 5) is 31.8. The van der Waals surface area contributed by atoms with Crippen molar-refractivity contribution >= 4 is 17.6 Å². The Labute approximate surface area is 163 Å². The van der Waals surface area contributed by atoms with Gasteiger partial charge < -0.3 is 14.7 Å². The Balaban J connectivity index is 1.67. The van der Waals surface area contributed by atoms with Gasteiger partial charge in [0.1, 0.15) is 0 Å². The minimum atomic E-state index is -0.00468. The second kappa shape index (κ2) is 8.32. The van der Waals surface area contributed by atoms with Gasteiger partial charge in [0, 0.05) is 43.8 Å². The summed E-state index contributed by atoms with van der Waals surface area (Å²) in [6, 6.07) is 6.56. The van der Waals surface area contributed by atoms with Gasteiger partial charge in [-0.05, 0) is 70.6 Å². The topological polar surface area (TPSA) is 43.9 Å². The van der Waals surface area contributed by atoms with Crippen molar-refractivity contribution in [2.24, 2.45) is 5.92 Å². The van der Waals surface area contributed by atoms with E-state index in [9.17, 15) is 9.59 Å². The molecule has 0 radical (unpaired) electrons. The zero-order valence-electron chi connectivity index (χ0n) is 17.2. The summed E-state index contributed by atoms with van der Waals surface area (Å²) in [7, 11) is 0. The van der Waals surface area contributed by atoms with E-state index in [-0.39, 0.29) is 23.9 Å². The summed E-state index contributed by atoms with van der Waals surface area (Å²) < 4.78 is 0. The van der Waals surface area contributed by atoms with E-state index in [1.807, 2.05) is 14.7 Å². The maximum Gasteiger partial charge on any atom is 0.319 e. The molecular weight excluding hydrogens is 338 g/mol. The van der Waals surface area contributed by atoms with Crippen LogP contribution in [0, 0.1) is 19.8 Å². The van der Waals surface area contributed by atoms with Crippen molar-refractivity contribution in [3.8, 4) is 0 Å². The predicted octanol–water partition coefficient (Wildman–Crippen LogP) is 3.97. The molecule has 2 heterocycles. The van der Waals surface area contributed by atoms with Crippen LogP contribution in [0.1, 0.15) is 50.7 Å². The molecule has 2 fully saturated rings. The van der Waals surface area contributed by atoms with Crippen molar-refractivity contribution < 1.29 is 9.59 Å². The molecule has 148 valence electrons. The van der Waals surface area contributed by atoms with Gasteiger partial charge in [-0.25, -0.2) is 4.79 Å². The first-order valence-corrected chi connectivity index (χ1v) is 10.3. The Kier molecular flexibility index (Phi) is 6.08. The van der Waals surface area contributed by atoms with E-state index in [0.717, 1.165) is 50.0 Å². The first kappa shape index (κ1) is 19.7. The second-order valence-corrected chi connectivity index (χ2v) is 8.33. The fraction of sp³-hybridized carbons (Fsp3) is 0.636. The van der Waals surface area contributed by atoms with Crippen molar-refractivity contribution in [2.75, 3.05) is 31.1 Å². The van der Waals surface area contributed by atoms with Gasteiger partial charge in [-0.3, -0.25) is 4.79 Å². The average Bonchev–Trinajstić information content (AvgIpc) is 3.18. The zero-order valence-corrected chi connectivity index (χ0v) is 17.2. The lowest BCUT2D eigenvalue weighted by atomic mass is 9.94. The molecule has 5 nitrogen and oxygen atoms in total. The van der Waals surface area contributed by atoms with Gasteiger partial charge in [0.25, 0.3) is 0 Å². The fourth-order valence-corrected chi connectivity index (χ4v) is 4.25. The molecule has 2 aliphatic heterocycles. The van der Waals surface area contributed by atoms with Crippen LogP contribution < -0.4 is 4.90 Å². The van der Waals surface area contributed by atoms with Crippen LogP contribution >= 0.6 is 0 Å². The van der Waals surface area contributed by atoms with E-state index in [4.69, 9.17) is 0 Å². The molecule has 1 aromatic rings. The molecule has 0 bridgehead atoms. The molecular formula is C22H33N3O2. The number of amides is 3. The smallest absolute Gasteiger partial charge is 0.319 e. The van der Waals surface area contributed by atoms with Gasteiger partial charge in [0.2, 0.25) is 5.91 Å². The molecule has 5 heteroatoms. The number of urea groups is 1. The number of hydrogen-bond acceptors (Lipinski definition) is 2. The Hall–Kier alpha value is -2.04. The van der Waals surface area contributed by atoms with E-state index in [0.29, 0.717) is 13.1 Å². The van der Waals surface area contributed by atoms with E-state index in [1.54, 1.807) is 0 Å². The fourth-order valence-electron chi connectivity index (χ4n) is 4.25. The van der Waals surface area contributed by atoms with Gasteiger partial charge in [-0.2, -0.15) is 0 Å². The molecule has 27 heavy (non-hydrogen) atoms. The van der Waals surface area contributed by atoms with Crippen LogP contribution in [0.4, 0.5) is 10.5 Å². The zero-order chi connectivity index (χ0) is 19.6. The largest absolute Gasteiger partial charge is 0.325 e. The van der Waals surface area contributed by atoms with Crippen LogP contribution in [0.3, 0.4) is 0 Å². The third-order valence-electron chi connectivity index (χ3n) is 5.87. The number of likely N-dealkylation sites (tertiary alicyclic amines) is 2. The number of benzene rings is 1. The molecule has 0 saturated carbocycles. The van der Waals surface area contributed by atoms with Crippen molar-refractivity contribution in [3.05, 3.63) is 29.3 Å². The quantitative estimate of drug-likeness (QED) is 0.807. The van der Waals surface area contributed by atoms with Crippen LogP contribution in [-0.4, -0.2) is 54.0 Å². The lowest BCUT2D eigenvalue weighted by molar-refractivity contribution is -0.124. The Bertz CT molecular complexity index is 687. The van der Waals surface area contributed by atoms with Crippen molar-refractivity contribution in [1.82, 2.24) is 9.80 Å². The Morgan fingerprint density at radius 3 is 2.19 bits per heavy atom. The number of anilines is 1. The number of carbonyl (C=O) groups is 2. The Morgan fingerprint density at radius 1 is 1.00 bits per heavy atom. The monoisotopic (exact) mass is 371 g/mol. The van der Waals surface area contributed by atoms with Crippen molar-refractivity contribution in [1.29, 1.82) is 0 Å². The highest BCUT2D eigenvalue weighted by molar-refractivity contribution is 5.96. The Morgan fingerprint density at radius 2 is 1.59 bits per heavy atom. The molecule has 0 N–H and O–H groups in total. The third kappa shape index (κ3) is 4.28. The number of hydrogen-bond donors (Lipinski definition) is 0. The first-order chi connectivity index (χ1) is 12.9. The average molecular weight is 372 g/mol. The molecule has 2 saturated heterocycles. The lowest BCUT2D eigenvalue weighted by Gasteiger charge is -2.37. The maximum atomic E-state index is 13.3. The van der Waals surface area contributed by atoms with Crippen molar-refractivity contribution in [2.45, 2.75) is 59.4 Å². The standard InChI is InChI=1S/C22H33N3O2/c1-16(2)25(20-15-17(3)7-8-18(20)4)21(26)19-9-13-24(14-10-19)22(27)23-11-5-6-12-23/h7-8,15-16,19H,5-6,9-14H2,1-4H3. The lowest BCUT2D eigenvalue weighted by Crippen LogP contribution is -2.49. The molecule has 0 aliphatic carbocycles. The molecule has 0 unspecified atom stereocenters. The van der Waals surface area contributed by atoms with Crippen LogP contribution in [-0.2, 0) is 4.79 Å². The third-order valence-corrected chi connectivity index (χ3v) is 5.87. The number of carbonyl (C=O) groups excluding carboxylic acids is 2. The highest BCUT2D eigenvalue weighted by atomic mass is 16.2. The summed E-state index contributed by atoms with van der Waals surface area (Å²) in [5.74, 6) is 0.196. The SMILES string of the molecule is Cc1ccc(C)c(N(C(=O)C2CCN(C(=O)N3CCCC3)CC2)C(C)C)c1. The number of rotatable bonds is 3. The number of nitrogens with zero attached hydrogens (tertiary/aromatic N) is 3. The summed E-state index contributed by atoms with van der Waals surface area (Å²) in [5.41, 5.74) is 3.31. The van der Waals surface area contributed by atoms with E-state index in [1.165, 1.54) is 5.56 Å². The van der Waals surface area contributed by atoms with E-state index in [2.05, 4.69) is 45.9 Å². The number of aryl methyl sites for hydroxylation is 2. The van der Waals surface area contributed by atoms with Crippen LogP contribution in [0.25, 0.3) is 0 Å². The molecule has 0 atom stereocenters. The normalized spacial score (nSPS) is 18.3. The molecule has 0 spiro atoms. The van der Waals surface area contributed by atoms with Crippen LogP contribution in [0.2, 0.25) is 0 Å². The molecule has 1 aromatic carbocycles. The predicted molar refractivity (Wildman–Crippen MR) is 109 cm³/mol. The van der Waals surface area contributed by atoms with Gasteiger partial charge in [-0.15, -0.1) is 0 Å². The summed E-state index contributed by atoms with van der Waals surface area (Å²) >= 11 is 0. The van der Waals surface area contributed by atoms with Crippen molar-refractivity contribution in [3.63, 3.8) is 0 Å². The highest BCUT2D eigenvalue weighted by Crippen LogP contribution is 2.29. The second-order valence-electron chi connectivity index (χ2n) is 8.33.